The molecule has 1 amide bonds. The number of nitro benzene ring substituents is 1. The highest BCUT2D eigenvalue weighted by Gasteiger charge is 2.18. The summed E-state index contributed by atoms with van der Waals surface area (Å²) in [5.74, 6) is -0.624. The molecule has 3 rings (SSSR count). The summed E-state index contributed by atoms with van der Waals surface area (Å²) in [6, 6.07) is 13.7. The van der Waals surface area contributed by atoms with E-state index >= 15 is 0 Å². The molecule has 1 aromatic heterocycles. The summed E-state index contributed by atoms with van der Waals surface area (Å²) in [6.07, 6.45) is 0. The molecule has 6 nitrogen and oxygen atoms in total. The lowest BCUT2D eigenvalue weighted by molar-refractivity contribution is -0.384. The average molecular weight is 327 g/mol. The maximum atomic E-state index is 12.3. The third-order valence-electron chi connectivity index (χ3n) is 3.52. The molecule has 1 N–H and O–H groups in total. The first-order chi connectivity index (χ1) is 11.0. The van der Waals surface area contributed by atoms with Crippen LogP contribution in [0.4, 0.5) is 10.8 Å². The summed E-state index contributed by atoms with van der Waals surface area (Å²) in [6.45, 7) is 1.75. The molecule has 23 heavy (non-hydrogen) atoms. The van der Waals surface area contributed by atoms with Gasteiger partial charge in [-0.2, -0.15) is 0 Å². The number of fused-ring (bicyclic) bond motifs is 1. The van der Waals surface area contributed by atoms with Crippen LogP contribution in [-0.2, 0) is 4.79 Å². The van der Waals surface area contributed by atoms with Gasteiger partial charge in [-0.05, 0) is 24.6 Å². The van der Waals surface area contributed by atoms with Crippen molar-refractivity contribution in [1.29, 1.82) is 0 Å². The third-order valence-corrected chi connectivity index (χ3v) is 4.47. The molecule has 1 unspecified atom stereocenters. The molecule has 0 radical (unpaired) electrons. The second kappa shape index (κ2) is 6.13. The van der Waals surface area contributed by atoms with Gasteiger partial charge < -0.3 is 5.32 Å². The first kappa shape index (κ1) is 15.1. The van der Waals surface area contributed by atoms with Crippen LogP contribution in [0.1, 0.15) is 18.4 Å². The number of carbonyl (C=O) groups excluding carboxylic acids is 1. The number of non-ortho nitro benzene ring substituents is 1. The molecule has 0 saturated heterocycles. The van der Waals surface area contributed by atoms with Crippen molar-refractivity contribution in [3.63, 3.8) is 0 Å². The van der Waals surface area contributed by atoms with Crippen molar-refractivity contribution in [2.45, 2.75) is 12.8 Å². The van der Waals surface area contributed by atoms with Crippen LogP contribution in [-0.4, -0.2) is 15.8 Å². The Balaban J connectivity index is 1.75. The Morgan fingerprint density at radius 2 is 1.91 bits per heavy atom. The average Bonchev–Trinajstić information content (AvgIpc) is 2.96. The number of benzene rings is 2. The number of hydrogen-bond donors (Lipinski definition) is 1. The Morgan fingerprint density at radius 3 is 2.57 bits per heavy atom. The smallest absolute Gasteiger partial charge is 0.269 e. The van der Waals surface area contributed by atoms with E-state index in [1.807, 2.05) is 24.3 Å². The van der Waals surface area contributed by atoms with Crippen LogP contribution in [0.2, 0.25) is 0 Å². The monoisotopic (exact) mass is 327 g/mol. The van der Waals surface area contributed by atoms with E-state index in [-0.39, 0.29) is 11.6 Å². The zero-order valence-electron chi connectivity index (χ0n) is 12.2. The third kappa shape index (κ3) is 3.19. The van der Waals surface area contributed by atoms with Gasteiger partial charge in [-0.3, -0.25) is 14.9 Å². The standard InChI is InChI=1S/C16H13N3O3S/c1-10(11-6-8-12(9-7-11)19(21)22)15(20)18-16-17-13-4-2-3-5-14(13)23-16/h2-10H,1H3,(H,17,18,20). The van der Waals surface area contributed by atoms with Crippen molar-refractivity contribution in [1.82, 2.24) is 4.98 Å². The molecule has 0 saturated carbocycles. The molecule has 0 fully saturated rings. The maximum Gasteiger partial charge on any atom is 0.269 e. The van der Waals surface area contributed by atoms with Crippen molar-refractivity contribution in [2.24, 2.45) is 0 Å². The van der Waals surface area contributed by atoms with Gasteiger partial charge in [-0.15, -0.1) is 0 Å². The van der Waals surface area contributed by atoms with E-state index in [9.17, 15) is 14.9 Å². The second-order valence-electron chi connectivity index (χ2n) is 5.05. The zero-order chi connectivity index (χ0) is 16.4. The van der Waals surface area contributed by atoms with Crippen molar-refractivity contribution < 1.29 is 9.72 Å². The predicted molar refractivity (Wildman–Crippen MR) is 89.8 cm³/mol. The summed E-state index contributed by atoms with van der Waals surface area (Å²) in [5.41, 5.74) is 1.57. The number of anilines is 1. The highest BCUT2D eigenvalue weighted by molar-refractivity contribution is 7.22. The summed E-state index contributed by atoms with van der Waals surface area (Å²) >= 11 is 1.41. The van der Waals surface area contributed by atoms with E-state index in [1.165, 1.54) is 23.5 Å². The van der Waals surface area contributed by atoms with Gasteiger partial charge in [0.25, 0.3) is 5.69 Å². The van der Waals surface area contributed by atoms with E-state index < -0.39 is 10.8 Å². The number of rotatable bonds is 4. The zero-order valence-corrected chi connectivity index (χ0v) is 13.0. The Hall–Kier alpha value is -2.80. The summed E-state index contributed by atoms with van der Waals surface area (Å²) in [5, 5.41) is 14.0. The molecule has 116 valence electrons. The van der Waals surface area contributed by atoms with Crippen LogP contribution in [0.3, 0.4) is 0 Å². The Labute approximate surface area is 135 Å². The maximum absolute atomic E-state index is 12.3. The van der Waals surface area contributed by atoms with Crippen LogP contribution < -0.4 is 5.32 Å². The normalized spacial score (nSPS) is 12.0. The molecular weight excluding hydrogens is 314 g/mol. The fourth-order valence-electron chi connectivity index (χ4n) is 2.18. The van der Waals surface area contributed by atoms with Gasteiger partial charge in [0.15, 0.2) is 5.13 Å². The van der Waals surface area contributed by atoms with Gasteiger partial charge in [-0.25, -0.2) is 4.98 Å². The number of hydrogen-bond acceptors (Lipinski definition) is 5. The van der Waals surface area contributed by atoms with Crippen molar-refractivity contribution in [3.8, 4) is 0 Å². The van der Waals surface area contributed by atoms with E-state index in [1.54, 1.807) is 19.1 Å². The first-order valence-electron chi connectivity index (χ1n) is 6.95. The van der Waals surface area contributed by atoms with Gasteiger partial charge in [0, 0.05) is 12.1 Å². The van der Waals surface area contributed by atoms with Gasteiger partial charge >= 0.3 is 0 Å². The minimum atomic E-state index is -0.463. The second-order valence-corrected chi connectivity index (χ2v) is 6.08. The van der Waals surface area contributed by atoms with Crippen molar-refractivity contribution in [3.05, 3.63) is 64.2 Å². The molecule has 3 aromatic rings. The number of aromatic nitrogens is 1. The van der Waals surface area contributed by atoms with Crippen LogP contribution in [0.25, 0.3) is 10.2 Å². The molecule has 0 spiro atoms. The summed E-state index contributed by atoms with van der Waals surface area (Å²) < 4.78 is 1.01. The van der Waals surface area contributed by atoms with Gasteiger partial charge in [0.05, 0.1) is 21.1 Å². The number of nitrogens with one attached hydrogen (secondary N) is 1. The predicted octanol–water partition coefficient (Wildman–Crippen LogP) is 3.95. The van der Waals surface area contributed by atoms with Crippen molar-refractivity contribution >= 4 is 38.3 Å². The number of para-hydroxylation sites is 1. The van der Waals surface area contributed by atoms with E-state index in [0.717, 1.165) is 10.2 Å². The molecular formula is C16H13N3O3S. The number of nitrogens with zero attached hydrogens (tertiary/aromatic N) is 2. The molecule has 1 atom stereocenters. The highest BCUT2D eigenvalue weighted by atomic mass is 32.1. The Bertz CT molecular complexity index is 841. The lowest BCUT2D eigenvalue weighted by atomic mass is 10.0. The minimum absolute atomic E-state index is 0.00697. The van der Waals surface area contributed by atoms with E-state index in [4.69, 9.17) is 0 Å². The highest BCUT2D eigenvalue weighted by Crippen LogP contribution is 2.27. The lowest BCUT2D eigenvalue weighted by Crippen LogP contribution is -2.18. The number of carbonyl (C=O) groups is 1. The minimum Gasteiger partial charge on any atom is -0.301 e. The number of thiazole rings is 1. The Morgan fingerprint density at radius 1 is 1.22 bits per heavy atom. The largest absolute Gasteiger partial charge is 0.301 e. The molecule has 7 heteroatoms. The fraction of sp³-hybridized carbons (Fsp3) is 0.125. The van der Waals surface area contributed by atoms with Gasteiger partial charge in [0.1, 0.15) is 0 Å². The summed E-state index contributed by atoms with van der Waals surface area (Å²) in [4.78, 5) is 26.9. The van der Waals surface area contributed by atoms with E-state index in [0.29, 0.717) is 10.7 Å². The Kier molecular flexibility index (Phi) is 4.03. The topological polar surface area (TPSA) is 85.1 Å². The van der Waals surface area contributed by atoms with Gasteiger partial charge in [-0.1, -0.05) is 35.6 Å². The van der Waals surface area contributed by atoms with Crippen LogP contribution >= 0.6 is 11.3 Å². The quantitative estimate of drug-likeness (QED) is 0.581. The van der Waals surface area contributed by atoms with Crippen molar-refractivity contribution in [2.75, 3.05) is 5.32 Å². The molecule has 0 aliphatic carbocycles. The SMILES string of the molecule is CC(C(=O)Nc1nc2ccccc2s1)c1ccc([N+](=O)[O-])cc1. The molecule has 2 aromatic carbocycles. The lowest BCUT2D eigenvalue weighted by Gasteiger charge is -2.10. The van der Waals surface area contributed by atoms with Gasteiger partial charge in [0.2, 0.25) is 5.91 Å². The first-order valence-corrected chi connectivity index (χ1v) is 7.77. The summed E-state index contributed by atoms with van der Waals surface area (Å²) in [7, 11) is 0. The van der Waals surface area contributed by atoms with Crippen LogP contribution in [0, 0.1) is 10.1 Å². The van der Waals surface area contributed by atoms with E-state index in [2.05, 4.69) is 10.3 Å². The number of amides is 1. The fourth-order valence-corrected chi connectivity index (χ4v) is 3.04. The molecule has 0 aliphatic heterocycles. The molecule has 0 aliphatic rings. The van der Waals surface area contributed by atoms with Crippen LogP contribution in [0.5, 0.6) is 0 Å². The molecule has 0 bridgehead atoms. The molecule has 1 heterocycles. The number of nitro groups is 1. The van der Waals surface area contributed by atoms with Crippen LogP contribution in [0.15, 0.2) is 48.5 Å².